The molecule has 0 atom stereocenters. The molecular formula is C11H11N3O3. The summed E-state index contributed by atoms with van der Waals surface area (Å²) in [5.74, 6) is -0.459. The van der Waals surface area contributed by atoms with Crippen LogP contribution in [0.25, 0.3) is 6.08 Å². The number of allylic oxidation sites excluding steroid dienone is 2. The average molecular weight is 233 g/mol. The maximum Gasteiger partial charge on any atom is 0.328 e. The van der Waals surface area contributed by atoms with Gasteiger partial charge >= 0.3 is 5.69 Å². The van der Waals surface area contributed by atoms with Gasteiger partial charge in [0.25, 0.3) is 5.56 Å². The number of hydrogen-bond donors (Lipinski definition) is 3. The number of aromatic amines is 2. The summed E-state index contributed by atoms with van der Waals surface area (Å²) in [5, 5.41) is 9.50. The van der Waals surface area contributed by atoms with Crippen LogP contribution >= 0.6 is 0 Å². The predicted octanol–water partition coefficient (Wildman–Crippen LogP) is 0.530. The van der Waals surface area contributed by atoms with Crippen LogP contribution in [0.5, 0.6) is 5.88 Å². The first kappa shape index (κ1) is 11.1. The Bertz CT molecular complexity index is 674. The molecular weight excluding hydrogens is 222 g/mol. The van der Waals surface area contributed by atoms with E-state index in [1.807, 2.05) is 24.9 Å². The normalized spacial score (nSPS) is 17.2. The third kappa shape index (κ3) is 2.10. The SMILES string of the molecule is CC1=CC(C)=NC1=Cc1c(O)[nH]c(=O)[nH]c1=O. The fourth-order valence-corrected chi connectivity index (χ4v) is 1.60. The van der Waals surface area contributed by atoms with Crippen LogP contribution in [-0.4, -0.2) is 20.8 Å². The van der Waals surface area contributed by atoms with Crippen LogP contribution in [0.2, 0.25) is 0 Å². The first-order valence-electron chi connectivity index (χ1n) is 4.98. The smallest absolute Gasteiger partial charge is 0.328 e. The van der Waals surface area contributed by atoms with Crippen LogP contribution in [0, 0.1) is 0 Å². The Morgan fingerprint density at radius 2 is 2.00 bits per heavy atom. The zero-order valence-electron chi connectivity index (χ0n) is 9.37. The zero-order chi connectivity index (χ0) is 12.6. The largest absolute Gasteiger partial charge is 0.494 e. The van der Waals surface area contributed by atoms with Crippen molar-refractivity contribution in [2.24, 2.45) is 4.99 Å². The van der Waals surface area contributed by atoms with Crippen LogP contribution in [0.3, 0.4) is 0 Å². The summed E-state index contributed by atoms with van der Waals surface area (Å²) in [7, 11) is 0. The molecule has 0 aromatic carbocycles. The summed E-state index contributed by atoms with van der Waals surface area (Å²) >= 11 is 0. The number of rotatable bonds is 1. The van der Waals surface area contributed by atoms with Crippen molar-refractivity contribution in [1.82, 2.24) is 9.97 Å². The lowest BCUT2D eigenvalue weighted by Crippen LogP contribution is -2.23. The first-order valence-corrected chi connectivity index (χ1v) is 4.98. The lowest BCUT2D eigenvalue weighted by atomic mass is 10.2. The van der Waals surface area contributed by atoms with E-state index in [2.05, 4.69) is 9.98 Å². The summed E-state index contributed by atoms with van der Waals surface area (Å²) in [6.07, 6.45) is 3.30. The summed E-state index contributed by atoms with van der Waals surface area (Å²) in [6.45, 7) is 3.68. The molecule has 0 spiro atoms. The van der Waals surface area contributed by atoms with Gasteiger partial charge in [0, 0.05) is 5.71 Å². The Hall–Kier alpha value is -2.37. The molecule has 6 nitrogen and oxygen atoms in total. The van der Waals surface area contributed by atoms with Crippen molar-refractivity contribution in [2.75, 3.05) is 0 Å². The number of nitrogens with one attached hydrogen (secondary N) is 2. The molecule has 88 valence electrons. The second kappa shape index (κ2) is 3.89. The molecule has 1 aliphatic rings. The predicted molar refractivity (Wildman–Crippen MR) is 64.2 cm³/mol. The molecule has 0 aliphatic carbocycles. The van der Waals surface area contributed by atoms with E-state index in [9.17, 15) is 14.7 Å². The number of aromatic nitrogens is 2. The van der Waals surface area contributed by atoms with Crippen molar-refractivity contribution in [2.45, 2.75) is 13.8 Å². The van der Waals surface area contributed by atoms with Crippen LogP contribution in [0.4, 0.5) is 0 Å². The molecule has 0 saturated heterocycles. The Balaban J connectivity index is 2.59. The van der Waals surface area contributed by atoms with E-state index in [4.69, 9.17) is 0 Å². The molecule has 0 fully saturated rings. The van der Waals surface area contributed by atoms with Crippen LogP contribution in [-0.2, 0) is 0 Å². The summed E-state index contributed by atoms with van der Waals surface area (Å²) in [4.78, 5) is 30.7. The molecule has 0 unspecified atom stereocenters. The van der Waals surface area contributed by atoms with Gasteiger partial charge in [-0.3, -0.25) is 19.8 Å². The van der Waals surface area contributed by atoms with Crippen molar-refractivity contribution in [1.29, 1.82) is 0 Å². The Morgan fingerprint density at radius 1 is 1.29 bits per heavy atom. The molecule has 0 saturated carbocycles. The van der Waals surface area contributed by atoms with Crippen molar-refractivity contribution in [3.63, 3.8) is 0 Å². The second-order valence-corrected chi connectivity index (χ2v) is 3.78. The number of hydrogen-bond acceptors (Lipinski definition) is 4. The zero-order valence-corrected chi connectivity index (χ0v) is 9.37. The molecule has 0 radical (unpaired) electrons. The molecule has 0 bridgehead atoms. The Morgan fingerprint density at radius 3 is 2.53 bits per heavy atom. The monoisotopic (exact) mass is 233 g/mol. The summed E-state index contributed by atoms with van der Waals surface area (Å²) in [6, 6.07) is 0. The molecule has 2 rings (SSSR count). The highest BCUT2D eigenvalue weighted by Gasteiger charge is 2.11. The van der Waals surface area contributed by atoms with E-state index in [1.54, 1.807) is 0 Å². The number of aliphatic imine (C=N–C) groups is 1. The van der Waals surface area contributed by atoms with Crippen LogP contribution in [0.1, 0.15) is 19.4 Å². The fraction of sp³-hybridized carbons (Fsp3) is 0.182. The highest BCUT2D eigenvalue weighted by molar-refractivity contribution is 5.98. The van der Waals surface area contributed by atoms with E-state index in [1.165, 1.54) is 6.08 Å². The van der Waals surface area contributed by atoms with Crippen molar-refractivity contribution >= 4 is 11.8 Å². The van der Waals surface area contributed by atoms with Crippen molar-refractivity contribution in [3.05, 3.63) is 43.7 Å². The van der Waals surface area contributed by atoms with Gasteiger partial charge in [0.05, 0.1) is 5.70 Å². The van der Waals surface area contributed by atoms with E-state index < -0.39 is 17.1 Å². The van der Waals surface area contributed by atoms with Crippen LogP contribution < -0.4 is 11.2 Å². The Kier molecular flexibility index (Phi) is 2.55. The molecule has 17 heavy (non-hydrogen) atoms. The van der Waals surface area contributed by atoms with E-state index in [0.29, 0.717) is 5.70 Å². The van der Waals surface area contributed by atoms with Gasteiger partial charge in [0.2, 0.25) is 5.88 Å². The molecule has 6 heteroatoms. The van der Waals surface area contributed by atoms with Gasteiger partial charge in [0.1, 0.15) is 5.56 Å². The van der Waals surface area contributed by atoms with E-state index in [0.717, 1.165) is 11.3 Å². The van der Waals surface area contributed by atoms with Gasteiger partial charge in [-0.05, 0) is 31.6 Å². The number of aromatic hydroxyl groups is 1. The number of nitrogens with zero attached hydrogens (tertiary/aromatic N) is 1. The first-order chi connectivity index (χ1) is 7.97. The quantitative estimate of drug-likeness (QED) is 0.659. The third-order valence-electron chi connectivity index (χ3n) is 2.37. The van der Waals surface area contributed by atoms with Crippen LogP contribution in [0.15, 0.2) is 31.9 Å². The lowest BCUT2D eigenvalue weighted by Gasteiger charge is -1.99. The molecule has 0 amide bonds. The van der Waals surface area contributed by atoms with Crippen molar-refractivity contribution < 1.29 is 5.11 Å². The molecule has 1 aromatic rings. The maximum atomic E-state index is 11.5. The molecule has 1 aromatic heterocycles. The van der Waals surface area contributed by atoms with Crippen molar-refractivity contribution in [3.8, 4) is 5.88 Å². The number of H-pyrrole nitrogens is 2. The molecule has 3 N–H and O–H groups in total. The highest BCUT2D eigenvalue weighted by atomic mass is 16.3. The van der Waals surface area contributed by atoms with E-state index >= 15 is 0 Å². The fourth-order valence-electron chi connectivity index (χ4n) is 1.60. The lowest BCUT2D eigenvalue weighted by molar-refractivity contribution is 0.447. The third-order valence-corrected chi connectivity index (χ3v) is 2.37. The summed E-state index contributed by atoms with van der Waals surface area (Å²) < 4.78 is 0. The van der Waals surface area contributed by atoms with Gasteiger partial charge in [-0.1, -0.05) is 0 Å². The Labute approximate surface area is 96.1 Å². The van der Waals surface area contributed by atoms with Gasteiger partial charge in [-0.2, -0.15) is 0 Å². The second-order valence-electron chi connectivity index (χ2n) is 3.78. The minimum atomic E-state index is -0.743. The summed E-state index contributed by atoms with van der Waals surface area (Å²) in [5.41, 5.74) is 0.919. The van der Waals surface area contributed by atoms with E-state index in [-0.39, 0.29) is 5.56 Å². The minimum absolute atomic E-state index is 0.00852. The topological polar surface area (TPSA) is 98.3 Å². The molecule has 1 aliphatic heterocycles. The standard InChI is InChI=1S/C11H11N3O3/c1-5-3-6(2)12-8(5)4-7-9(15)13-11(17)14-10(7)16/h3-4H,1-2H3,(H3,13,14,15,16,17). The molecule has 2 heterocycles. The van der Waals surface area contributed by atoms with Gasteiger partial charge in [-0.15, -0.1) is 0 Å². The van der Waals surface area contributed by atoms with Gasteiger partial charge in [-0.25, -0.2) is 4.79 Å². The maximum absolute atomic E-state index is 11.5. The average Bonchev–Trinajstić information content (AvgIpc) is 2.51. The minimum Gasteiger partial charge on any atom is -0.494 e. The van der Waals surface area contributed by atoms with Gasteiger partial charge in [0.15, 0.2) is 0 Å². The highest BCUT2D eigenvalue weighted by Crippen LogP contribution is 2.21. The van der Waals surface area contributed by atoms with Gasteiger partial charge < -0.3 is 5.11 Å².